The molecule has 0 fully saturated rings. The highest BCUT2D eigenvalue weighted by Gasteiger charge is 2.20. The molecule has 1 N–H and O–H groups in total. The monoisotopic (exact) mass is 367 g/mol. The van der Waals surface area contributed by atoms with Crippen LogP contribution in [0.25, 0.3) is 0 Å². The van der Waals surface area contributed by atoms with Crippen LogP contribution in [-0.2, 0) is 0 Å². The molecule has 0 aliphatic carbocycles. The quantitative estimate of drug-likeness (QED) is 0.753. The zero-order valence-corrected chi connectivity index (χ0v) is 13.6. The van der Waals surface area contributed by atoms with Crippen molar-refractivity contribution in [2.75, 3.05) is 6.54 Å². The largest absolute Gasteiger partial charge is 0.448 e. The van der Waals surface area contributed by atoms with Crippen molar-refractivity contribution < 1.29 is 4.42 Å². The molecule has 6 heteroatoms. The average molecular weight is 369 g/mol. The van der Waals surface area contributed by atoms with Gasteiger partial charge in [0.25, 0.3) is 0 Å². The molecule has 0 aliphatic heterocycles. The van der Waals surface area contributed by atoms with E-state index in [1.807, 2.05) is 12.1 Å². The Morgan fingerprint density at radius 1 is 1.44 bits per heavy atom. The molecule has 0 bridgehead atoms. The maximum atomic E-state index is 6.08. The summed E-state index contributed by atoms with van der Waals surface area (Å²) in [6, 6.07) is 5.57. The summed E-state index contributed by atoms with van der Waals surface area (Å²) in [4.78, 5) is 1.10. The minimum absolute atomic E-state index is 0.00810. The zero-order valence-electron chi connectivity index (χ0n) is 9.67. The van der Waals surface area contributed by atoms with Crippen LogP contribution < -0.4 is 5.32 Å². The lowest BCUT2D eigenvalue weighted by Gasteiger charge is -2.14. The van der Waals surface area contributed by atoms with Crippen LogP contribution in [0.1, 0.15) is 30.0 Å². The Labute approximate surface area is 128 Å². The summed E-state index contributed by atoms with van der Waals surface area (Å²) in [5.74, 6) is 0.805. The Bertz CT molecular complexity index is 506. The summed E-state index contributed by atoms with van der Waals surface area (Å²) < 4.78 is 6.43. The standard InChI is InChI=1S/C12H12BrCl2NOS/c1-2-5-16-11(8-3-4-10(15)17-8)9-6-7(14)12(13)18-9/h3-4,6,11,16H,2,5H2,1H3. The van der Waals surface area contributed by atoms with E-state index in [1.165, 1.54) is 0 Å². The zero-order chi connectivity index (χ0) is 13.1. The van der Waals surface area contributed by atoms with Crippen LogP contribution in [0.3, 0.4) is 0 Å². The molecule has 1 unspecified atom stereocenters. The predicted molar refractivity (Wildman–Crippen MR) is 80.9 cm³/mol. The van der Waals surface area contributed by atoms with E-state index < -0.39 is 0 Å². The molecule has 2 aromatic rings. The van der Waals surface area contributed by atoms with Crippen molar-refractivity contribution in [2.45, 2.75) is 19.4 Å². The minimum Gasteiger partial charge on any atom is -0.448 e. The van der Waals surface area contributed by atoms with Gasteiger partial charge in [-0.25, -0.2) is 0 Å². The van der Waals surface area contributed by atoms with E-state index in [4.69, 9.17) is 27.6 Å². The average Bonchev–Trinajstić information content (AvgIpc) is 2.88. The second-order valence-corrected chi connectivity index (χ2v) is 6.98. The molecule has 0 aliphatic rings. The highest BCUT2D eigenvalue weighted by atomic mass is 79.9. The van der Waals surface area contributed by atoms with E-state index in [2.05, 4.69) is 28.2 Å². The molecule has 18 heavy (non-hydrogen) atoms. The van der Waals surface area contributed by atoms with E-state index in [-0.39, 0.29) is 6.04 Å². The Morgan fingerprint density at radius 3 is 2.72 bits per heavy atom. The third-order valence-corrected chi connectivity index (χ3v) is 5.17. The van der Waals surface area contributed by atoms with Crippen LogP contribution in [0.2, 0.25) is 10.2 Å². The molecule has 2 heterocycles. The molecule has 0 amide bonds. The van der Waals surface area contributed by atoms with Crippen molar-refractivity contribution in [2.24, 2.45) is 0 Å². The van der Waals surface area contributed by atoms with E-state index in [0.29, 0.717) is 5.22 Å². The molecular formula is C12H12BrCl2NOS. The lowest BCUT2D eigenvalue weighted by Crippen LogP contribution is -2.21. The van der Waals surface area contributed by atoms with E-state index >= 15 is 0 Å². The molecular weight excluding hydrogens is 357 g/mol. The summed E-state index contributed by atoms with van der Waals surface area (Å²) in [6.07, 6.45) is 1.05. The molecule has 0 saturated carbocycles. The van der Waals surface area contributed by atoms with Crippen molar-refractivity contribution in [3.05, 3.63) is 42.9 Å². The summed E-state index contributed by atoms with van der Waals surface area (Å²) >= 11 is 16.9. The Balaban J connectivity index is 2.30. The van der Waals surface area contributed by atoms with Crippen LogP contribution in [-0.4, -0.2) is 6.54 Å². The fourth-order valence-electron chi connectivity index (χ4n) is 1.62. The normalized spacial score (nSPS) is 12.9. The van der Waals surface area contributed by atoms with Gasteiger partial charge in [-0.05, 0) is 58.7 Å². The van der Waals surface area contributed by atoms with Crippen molar-refractivity contribution in [1.82, 2.24) is 5.32 Å². The fraction of sp³-hybridized carbons (Fsp3) is 0.333. The predicted octanol–water partition coefficient (Wildman–Crippen LogP) is 5.50. The lowest BCUT2D eigenvalue weighted by atomic mass is 10.2. The fourth-order valence-corrected chi connectivity index (χ4v) is 3.60. The Hall–Kier alpha value is -0.0000000000000000833. The van der Waals surface area contributed by atoms with E-state index in [0.717, 1.165) is 32.4 Å². The molecule has 2 aromatic heterocycles. The van der Waals surface area contributed by atoms with Gasteiger partial charge in [0.1, 0.15) is 11.8 Å². The van der Waals surface area contributed by atoms with Gasteiger partial charge >= 0.3 is 0 Å². The first-order valence-corrected chi connectivity index (χ1v) is 7.91. The molecule has 2 rings (SSSR count). The molecule has 0 radical (unpaired) electrons. The number of hydrogen-bond acceptors (Lipinski definition) is 3. The highest BCUT2D eigenvalue weighted by molar-refractivity contribution is 9.11. The molecule has 2 nitrogen and oxygen atoms in total. The lowest BCUT2D eigenvalue weighted by molar-refractivity contribution is 0.451. The van der Waals surface area contributed by atoms with Gasteiger partial charge in [-0.3, -0.25) is 0 Å². The van der Waals surface area contributed by atoms with Crippen LogP contribution in [0, 0.1) is 0 Å². The van der Waals surface area contributed by atoms with Crippen molar-refractivity contribution in [3.63, 3.8) is 0 Å². The van der Waals surface area contributed by atoms with Crippen LogP contribution in [0.5, 0.6) is 0 Å². The maximum absolute atomic E-state index is 6.08. The summed E-state index contributed by atoms with van der Waals surface area (Å²) in [7, 11) is 0. The van der Waals surface area contributed by atoms with Crippen LogP contribution >= 0.6 is 50.5 Å². The third kappa shape index (κ3) is 3.31. The van der Waals surface area contributed by atoms with Gasteiger partial charge in [0.2, 0.25) is 0 Å². The first kappa shape index (κ1) is 14.4. The van der Waals surface area contributed by atoms with Crippen molar-refractivity contribution in [1.29, 1.82) is 0 Å². The number of halogens is 3. The van der Waals surface area contributed by atoms with Gasteiger partial charge < -0.3 is 9.73 Å². The van der Waals surface area contributed by atoms with Gasteiger partial charge in [-0.1, -0.05) is 18.5 Å². The first-order valence-electron chi connectivity index (χ1n) is 5.55. The molecule has 0 spiro atoms. The number of hydrogen-bond donors (Lipinski definition) is 1. The van der Waals surface area contributed by atoms with Gasteiger partial charge in [0, 0.05) is 4.88 Å². The second-order valence-electron chi connectivity index (χ2n) is 3.80. The number of thiophene rings is 1. The van der Waals surface area contributed by atoms with Crippen molar-refractivity contribution in [3.8, 4) is 0 Å². The minimum atomic E-state index is -0.00810. The van der Waals surface area contributed by atoms with Crippen LogP contribution in [0.4, 0.5) is 0 Å². The van der Waals surface area contributed by atoms with E-state index in [1.54, 1.807) is 17.4 Å². The van der Waals surface area contributed by atoms with E-state index in [9.17, 15) is 0 Å². The first-order chi connectivity index (χ1) is 8.61. The van der Waals surface area contributed by atoms with Gasteiger partial charge in [-0.15, -0.1) is 11.3 Å². The number of nitrogens with one attached hydrogen (secondary N) is 1. The van der Waals surface area contributed by atoms with Gasteiger partial charge in [0.05, 0.1) is 8.81 Å². The summed E-state index contributed by atoms with van der Waals surface area (Å²) in [5, 5.41) is 4.55. The SMILES string of the molecule is CCCNC(c1ccc(Cl)o1)c1cc(Cl)c(Br)s1. The Kier molecular flexibility index (Phi) is 5.15. The molecule has 1 atom stereocenters. The van der Waals surface area contributed by atoms with Gasteiger partial charge in [-0.2, -0.15) is 0 Å². The summed E-state index contributed by atoms with van der Waals surface area (Å²) in [5.41, 5.74) is 0. The highest BCUT2D eigenvalue weighted by Crippen LogP contribution is 2.38. The second kappa shape index (κ2) is 6.44. The maximum Gasteiger partial charge on any atom is 0.193 e. The molecule has 0 aromatic carbocycles. The smallest absolute Gasteiger partial charge is 0.193 e. The summed E-state index contributed by atoms with van der Waals surface area (Å²) in [6.45, 7) is 3.02. The van der Waals surface area contributed by atoms with Crippen LogP contribution in [0.15, 0.2) is 26.4 Å². The third-order valence-electron chi connectivity index (χ3n) is 2.43. The number of rotatable bonds is 5. The topological polar surface area (TPSA) is 25.2 Å². The van der Waals surface area contributed by atoms with Crippen molar-refractivity contribution >= 4 is 50.5 Å². The molecule has 0 saturated heterocycles. The number of furan rings is 1. The Morgan fingerprint density at radius 2 is 2.22 bits per heavy atom. The van der Waals surface area contributed by atoms with Gasteiger partial charge in [0.15, 0.2) is 5.22 Å². The molecule has 98 valence electrons.